The summed E-state index contributed by atoms with van der Waals surface area (Å²) in [5, 5.41) is 8.46. The Bertz CT molecular complexity index is 1100. The van der Waals surface area contributed by atoms with Gasteiger partial charge < -0.3 is 15.5 Å². The summed E-state index contributed by atoms with van der Waals surface area (Å²) in [6.45, 7) is 2.43. The second kappa shape index (κ2) is 8.39. The summed E-state index contributed by atoms with van der Waals surface area (Å²) in [5.74, 6) is -0.973. The average Bonchev–Trinajstić information content (AvgIpc) is 3.05. The lowest BCUT2D eigenvalue weighted by molar-refractivity contribution is -0.136. The largest absolute Gasteiger partial charge is 0.334 e. The first-order valence-electron chi connectivity index (χ1n) is 9.89. The van der Waals surface area contributed by atoms with E-state index in [-0.39, 0.29) is 30.8 Å². The standard InChI is InChI=1S/C22H21ClN4O4/c1-12-8-15(3-5-17(12)23)25-22(31)24-10-13-2-4-16-14(9-13)11-27(21(16)30)18-6-7-19(28)26-20(18)29/h2-5,8-9,18H,6-7,10-11H2,1H3,(H2,24,25,31)(H,26,28,29). The fourth-order valence-electron chi connectivity index (χ4n) is 3.82. The van der Waals surface area contributed by atoms with Crippen LogP contribution in [-0.2, 0) is 22.7 Å². The van der Waals surface area contributed by atoms with Gasteiger partial charge in [-0.15, -0.1) is 0 Å². The molecule has 1 fully saturated rings. The molecule has 2 aliphatic heterocycles. The van der Waals surface area contributed by atoms with E-state index in [9.17, 15) is 19.2 Å². The predicted molar refractivity (Wildman–Crippen MR) is 115 cm³/mol. The molecule has 2 heterocycles. The molecule has 2 aliphatic rings. The van der Waals surface area contributed by atoms with Crippen molar-refractivity contribution in [1.82, 2.24) is 15.5 Å². The molecule has 8 nitrogen and oxygen atoms in total. The van der Waals surface area contributed by atoms with Gasteiger partial charge in [-0.3, -0.25) is 19.7 Å². The molecule has 9 heteroatoms. The van der Waals surface area contributed by atoms with Crippen molar-refractivity contribution in [3.05, 3.63) is 63.7 Å². The van der Waals surface area contributed by atoms with E-state index in [1.165, 1.54) is 4.90 Å². The second-order valence-corrected chi connectivity index (χ2v) is 8.07. The number of anilines is 1. The minimum absolute atomic E-state index is 0.216. The van der Waals surface area contributed by atoms with E-state index in [4.69, 9.17) is 11.6 Å². The van der Waals surface area contributed by atoms with Gasteiger partial charge in [0.25, 0.3) is 5.91 Å². The quantitative estimate of drug-likeness (QED) is 0.635. The first-order chi connectivity index (χ1) is 14.8. The highest BCUT2D eigenvalue weighted by Gasteiger charge is 2.39. The number of fused-ring (bicyclic) bond motifs is 1. The Kier molecular flexibility index (Phi) is 5.65. The van der Waals surface area contributed by atoms with Crippen LogP contribution in [0, 0.1) is 6.92 Å². The summed E-state index contributed by atoms with van der Waals surface area (Å²) in [4.78, 5) is 49.9. The van der Waals surface area contributed by atoms with Crippen molar-refractivity contribution in [3.8, 4) is 0 Å². The Balaban J connectivity index is 1.38. The van der Waals surface area contributed by atoms with Gasteiger partial charge in [0.1, 0.15) is 6.04 Å². The Morgan fingerprint density at radius 2 is 2.00 bits per heavy atom. The van der Waals surface area contributed by atoms with Gasteiger partial charge in [0.15, 0.2) is 0 Å². The number of hydrogen-bond acceptors (Lipinski definition) is 4. The van der Waals surface area contributed by atoms with Gasteiger partial charge in [0.2, 0.25) is 11.8 Å². The maximum atomic E-state index is 12.7. The number of amides is 5. The maximum absolute atomic E-state index is 12.7. The molecule has 0 aliphatic carbocycles. The topological polar surface area (TPSA) is 108 Å². The third kappa shape index (κ3) is 4.39. The van der Waals surface area contributed by atoms with Crippen LogP contribution < -0.4 is 16.0 Å². The van der Waals surface area contributed by atoms with E-state index in [2.05, 4.69) is 16.0 Å². The number of benzene rings is 2. The van der Waals surface area contributed by atoms with Gasteiger partial charge in [-0.2, -0.15) is 0 Å². The van der Waals surface area contributed by atoms with E-state index in [1.807, 2.05) is 13.0 Å². The molecule has 0 saturated carbocycles. The van der Waals surface area contributed by atoms with Crippen LogP contribution in [0.2, 0.25) is 5.02 Å². The van der Waals surface area contributed by atoms with Crippen LogP contribution >= 0.6 is 11.6 Å². The van der Waals surface area contributed by atoms with Crippen LogP contribution in [0.15, 0.2) is 36.4 Å². The van der Waals surface area contributed by atoms with Crippen molar-refractivity contribution in [3.63, 3.8) is 0 Å². The maximum Gasteiger partial charge on any atom is 0.319 e. The number of carbonyl (C=O) groups is 4. The molecule has 1 atom stereocenters. The van der Waals surface area contributed by atoms with Crippen LogP contribution in [0.1, 0.15) is 39.9 Å². The monoisotopic (exact) mass is 440 g/mol. The fourth-order valence-corrected chi connectivity index (χ4v) is 3.94. The zero-order valence-corrected chi connectivity index (χ0v) is 17.6. The molecule has 0 bridgehead atoms. The summed E-state index contributed by atoms with van der Waals surface area (Å²) < 4.78 is 0. The SMILES string of the molecule is Cc1cc(NC(=O)NCc2ccc3c(c2)CN(C2CCC(=O)NC2=O)C3=O)ccc1Cl. The summed E-state index contributed by atoms with van der Waals surface area (Å²) in [5.41, 5.74) is 3.67. The Hall–Kier alpha value is -3.39. The Morgan fingerprint density at radius 1 is 1.19 bits per heavy atom. The van der Waals surface area contributed by atoms with Gasteiger partial charge >= 0.3 is 6.03 Å². The number of rotatable bonds is 4. The number of urea groups is 1. The number of piperidine rings is 1. The number of carbonyl (C=O) groups excluding carboxylic acids is 4. The lowest BCUT2D eigenvalue weighted by atomic mass is 10.0. The van der Waals surface area contributed by atoms with Crippen LogP contribution in [0.5, 0.6) is 0 Å². The Labute approximate surface area is 183 Å². The molecule has 2 aromatic rings. The molecular weight excluding hydrogens is 420 g/mol. The molecule has 2 aromatic carbocycles. The molecule has 4 rings (SSSR count). The smallest absolute Gasteiger partial charge is 0.319 e. The molecule has 31 heavy (non-hydrogen) atoms. The third-order valence-corrected chi connectivity index (χ3v) is 5.88. The van der Waals surface area contributed by atoms with E-state index in [0.717, 1.165) is 16.7 Å². The van der Waals surface area contributed by atoms with Gasteiger partial charge in [0.05, 0.1) is 0 Å². The fraction of sp³-hybridized carbons (Fsp3) is 0.273. The minimum atomic E-state index is -0.646. The summed E-state index contributed by atoms with van der Waals surface area (Å²) >= 11 is 6.00. The highest BCUT2D eigenvalue weighted by atomic mass is 35.5. The molecule has 1 saturated heterocycles. The van der Waals surface area contributed by atoms with Gasteiger partial charge in [-0.1, -0.05) is 23.7 Å². The van der Waals surface area contributed by atoms with E-state index >= 15 is 0 Å². The molecule has 0 radical (unpaired) electrons. The first kappa shape index (κ1) is 20.9. The second-order valence-electron chi connectivity index (χ2n) is 7.66. The van der Waals surface area contributed by atoms with Crippen LogP contribution in [-0.4, -0.2) is 34.7 Å². The molecular formula is C22H21ClN4O4. The van der Waals surface area contributed by atoms with Gasteiger partial charge in [0, 0.05) is 35.8 Å². The molecule has 0 spiro atoms. The van der Waals surface area contributed by atoms with Crippen LogP contribution in [0.4, 0.5) is 10.5 Å². The van der Waals surface area contributed by atoms with Crippen molar-refractivity contribution >= 4 is 41.0 Å². The number of hydrogen-bond donors (Lipinski definition) is 3. The van der Waals surface area contributed by atoms with E-state index < -0.39 is 11.9 Å². The average molecular weight is 441 g/mol. The molecule has 3 N–H and O–H groups in total. The summed E-state index contributed by atoms with van der Waals surface area (Å²) in [6.07, 6.45) is 0.539. The zero-order valence-electron chi connectivity index (χ0n) is 16.8. The highest BCUT2D eigenvalue weighted by molar-refractivity contribution is 6.31. The van der Waals surface area contributed by atoms with Crippen LogP contribution in [0.25, 0.3) is 0 Å². The number of nitrogens with one attached hydrogen (secondary N) is 3. The van der Waals surface area contributed by atoms with Gasteiger partial charge in [-0.05, 0) is 54.3 Å². The number of halogens is 1. The highest BCUT2D eigenvalue weighted by Crippen LogP contribution is 2.28. The molecule has 1 unspecified atom stereocenters. The summed E-state index contributed by atoms with van der Waals surface area (Å²) in [7, 11) is 0. The van der Waals surface area contributed by atoms with E-state index in [0.29, 0.717) is 29.2 Å². The normalized spacial score (nSPS) is 17.9. The summed E-state index contributed by atoms with van der Waals surface area (Å²) in [6, 6.07) is 9.56. The Morgan fingerprint density at radius 3 is 2.74 bits per heavy atom. The number of imide groups is 1. The van der Waals surface area contributed by atoms with Crippen LogP contribution in [0.3, 0.4) is 0 Å². The van der Waals surface area contributed by atoms with E-state index in [1.54, 1.807) is 30.3 Å². The lowest BCUT2D eigenvalue weighted by Crippen LogP contribution is -2.52. The van der Waals surface area contributed by atoms with Gasteiger partial charge in [-0.25, -0.2) is 4.79 Å². The zero-order chi connectivity index (χ0) is 22.1. The number of nitrogens with zero attached hydrogens (tertiary/aromatic N) is 1. The third-order valence-electron chi connectivity index (χ3n) is 5.46. The first-order valence-corrected chi connectivity index (χ1v) is 10.3. The van der Waals surface area contributed by atoms with Crippen molar-refractivity contribution in [2.24, 2.45) is 0 Å². The molecule has 0 aromatic heterocycles. The van der Waals surface area contributed by atoms with Crippen molar-refractivity contribution < 1.29 is 19.2 Å². The van der Waals surface area contributed by atoms with Crippen molar-refractivity contribution in [1.29, 1.82) is 0 Å². The predicted octanol–water partition coefficient (Wildman–Crippen LogP) is 2.73. The van der Waals surface area contributed by atoms with Crippen molar-refractivity contribution in [2.75, 3.05) is 5.32 Å². The molecule has 160 valence electrons. The lowest BCUT2D eigenvalue weighted by Gasteiger charge is -2.29. The number of aryl methyl sites for hydroxylation is 1. The minimum Gasteiger partial charge on any atom is -0.334 e. The van der Waals surface area contributed by atoms with Crippen molar-refractivity contribution in [2.45, 2.75) is 38.9 Å². The molecule has 5 amide bonds.